The van der Waals surface area contributed by atoms with Gasteiger partial charge in [-0.05, 0) is 25.0 Å². The maximum atomic E-state index is 12.3. The Kier molecular flexibility index (Phi) is 4.66. The lowest BCUT2D eigenvalue weighted by Crippen LogP contribution is -2.41. The molecule has 0 aliphatic carbocycles. The second-order valence-electron chi connectivity index (χ2n) is 4.78. The molecule has 1 fully saturated rings. The summed E-state index contributed by atoms with van der Waals surface area (Å²) in [6, 6.07) is 7.27. The fourth-order valence-electron chi connectivity index (χ4n) is 2.19. The monoisotopic (exact) mass is 282 g/mol. The van der Waals surface area contributed by atoms with Gasteiger partial charge in [-0.1, -0.05) is 30.7 Å². The quantitative estimate of drug-likeness (QED) is 0.920. The Morgan fingerprint density at radius 1 is 1.58 bits per heavy atom. The Morgan fingerprint density at radius 2 is 2.32 bits per heavy atom. The van der Waals surface area contributed by atoms with Crippen molar-refractivity contribution in [1.29, 1.82) is 0 Å². The molecule has 1 aliphatic rings. The van der Waals surface area contributed by atoms with Crippen molar-refractivity contribution in [2.75, 3.05) is 13.1 Å². The average molecular weight is 283 g/mol. The number of halogens is 1. The topological polar surface area (TPSA) is 55.6 Å². The summed E-state index contributed by atoms with van der Waals surface area (Å²) in [5.41, 5.74) is 5.83. The predicted molar refractivity (Wildman–Crippen MR) is 75.3 cm³/mol. The van der Waals surface area contributed by atoms with Crippen LogP contribution in [-0.4, -0.2) is 36.0 Å². The van der Waals surface area contributed by atoms with Crippen LogP contribution in [0.25, 0.3) is 0 Å². The highest BCUT2D eigenvalue weighted by atomic mass is 35.5. The Labute approximate surface area is 118 Å². The van der Waals surface area contributed by atoms with E-state index in [0.29, 0.717) is 30.3 Å². The van der Waals surface area contributed by atoms with Gasteiger partial charge in [-0.25, -0.2) is 0 Å². The zero-order chi connectivity index (χ0) is 13.8. The average Bonchev–Trinajstić information content (AvgIpc) is 2.84. The molecule has 0 saturated carbocycles. The van der Waals surface area contributed by atoms with E-state index in [-0.39, 0.29) is 11.9 Å². The zero-order valence-electron chi connectivity index (χ0n) is 11.0. The second kappa shape index (κ2) is 6.26. The van der Waals surface area contributed by atoms with Crippen LogP contribution in [0.2, 0.25) is 5.02 Å². The molecule has 1 amide bonds. The summed E-state index contributed by atoms with van der Waals surface area (Å²) < 4.78 is 5.74. The zero-order valence-corrected chi connectivity index (χ0v) is 11.8. The minimum absolute atomic E-state index is 0.00429. The second-order valence-corrected chi connectivity index (χ2v) is 5.19. The smallest absolute Gasteiger partial charge is 0.263 e. The number of benzene rings is 1. The minimum Gasteiger partial charge on any atom is -0.479 e. The van der Waals surface area contributed by atoms with Crippen LogP contribution in [0.4, 0.5) is 0 Å². The van der Waals surface area contributed by atoms with E-state index in [0.717, 1.165) is 6.42 Å². The van der Waals surface area contributed by atoms with Crippen molar-refractivity contribution in [3.8, 4) is 5.75 Å². The Bertz CT molecular complexity index is 453. The molecule has 0 unspecified atom stereocenters. The number of para-hydroxylation sites is 1. The first-order chi connectivity index (χ1) is 9.11. The van der Waals surface area contributed by atoms with Crippen molar-refractivity contribution >= 4 is 17.5 Å². The Morgan fingerprint density at radius 3 is 2.89 bits per heavy atom. The Balaban J connectivity index is 2.04. The van der Waals surface area contributed by atoms with E-state index in [9.17, 15) is 4.79 Å². The van der Waals surface area contributed by atoms with E-state index in [4.69, 9.17) is 22.1 Å². The molecule has 2 atom stereocenters. The third kappa shape index (κ3) is 3.39. The largest absolute Gasteiger partial charge is 0.479 e. The van der Waals surface area contributed by atoms with E-state index in [1.54, 1.807) is 17.0 Å². The number of amides is 1. The first-order valence-corrected chi connectivity index (χ1v) is 6.95. The normalized spacial score (nSPS) is 20.4. The van der Waals surface area contributed by atoms with Gasteiger partial charge in [0.15, 0.2) is 6.10 Å². The first kappa shape index (κ1) is 14.2. The summed E-state index contributed by atoms with van der Waals surface area (Å²) in [6.45, 7) is 3.25. The fourth-order valence-corrected chi connectivity index (χ4v) is 2.37. The highest BCUT2D eigenvalue weighted by molar-refractivity contribution is 6.32. The number of likely N-dealkylation sites (tertiary alicyclic amines) is 1. The van der Waals surface area contributed by atoms with Crippen molar-refractivity contribution in [2.45, 2.75) is 31.9 Å². The SMILES string of the molecule is CC[C@@H](Oc1ccccc1Cl)C(=O)N1CC[C@@H](N)C1. The van der Waals surface area contributed by atoms with Gasteiger partial charge >= 0.3 is 0 Å². The summed E-state index contributed by atoms with van der Waals surface area (Å²) in [5, 5.41) is 0.520. The predicted octanol–water partition coefficient (Wildman–Crippen LogP) is 2.06. The number of carbonyl (C=O) groups excluding carboxylic acids is 1. The van der Waals surface area contributed by atoms with E-state index in [1.807, 2.05) is 19.1 Å². The highest BCUT2D eigenvalue weighted by Crippen LogP contribution is 2.25. The molecule has 1 aromatic rings. The molecule has 5 heteroatoms. The van der Waals surface area contributed by atoms with E-state index < -0.39 is 6.10 Å². The third-order valence-electron chi connectivity index (χ3n) is 3.29. The number of hydrogen-bond acceptors (Lipinski definition) is 3. The summed E-state index contributed by atoms with van der Waals surface area (Å²) in [6.07, 6.45) is 0.967. The van der Waals surface area contributed by atoms with E-state index in [1.165, 1.54) is 0 Å². The summed E-state index contributed by atoms with van der Waals surface area (Å²) in [4.78, 5) is 14.1. The molecule has 4 nitrogen and oxygen atoms in total. The molecule has 0 spiro atoms. The van der Waals surface area contributed by atoms with E-state index >= 15 is 0 Å². The number of nitrogens with zero attached hydrogens (tertiary/aromatic N) is 1. The van der Waals surface area contributed by atoms with Gasteiger partial charge in [0, 0.05) is 19.1 Å². The molecule has 19 heavy (non-hydrogen) atoms. The molecule has 2 rings (SSSR count). The summed E-state index contributed by atoms with van der Waals surface area (Å²) in [5.74, 6) is 0.545. The Hall–Kier alpha value is -1.26. The van der Waals surface area contributed by atoms with Crippen LogP contribution >= 0.6 is 11.6 Å². The van der Waals surface area contributed by atoms with Gasteiger partial charge in [0.1, 0.15) is 5.75 Å². The molecule has 1 aliphatic heterocycles. The van der Waals surface area contributed by atoms with Gasteiger partial charge in [-0.3, -0.25) is 4.79 Å². The van der Waals surface area contributed by atoms with Crippen LogP contribution in [0.15, 0.2) is 24.3 Å². The van der Waals surface area contributed by atoms with Crippen LogP contribution in [0.1, 0.15) is 19.8 Å². The van der Waals surface area contributed by atoms with Crippen molar-refractivity contribution in [1.82, 2.24) is 4.90 Å². The molecule has 1 aromatic carbocycles. The maximum absolute atomic E-state index is 12.3. The lowest BCUT2D eigenvalue weighted by molar-refractivity contribution is -0.137. The van der Waals surface area contributed by atoms with Gasteiger partial charge in [-0.2, -0.15) is 0 Å². The molecule has 2 N–H and O–H groups in total. The number of nitrogens with two attached hydrogens (primary N) is 1. The molecule has 0 aromatic heterocycles. The van der Waals surface area contributed by atoms with Crippen molar-refractivity contribution < 1.29 is 9.53 Å². The third-order valence-corrected chi connectivity index (χ3v) is 3.60. The number of carbonyl (C=O) groups is 1. The lowest BCUT2D eigenvalue weighted by Gasteiger charge is -2.23. The van der Waals surface area contributed by atoms with Crippen molar-refractivity contribution in [3.63, 3.8) is 0 Å². The van der Waals surface area contributed by atoms with Crippen LogP contribution in [0.3, 0.4) is 0 Å². The fraction of sp³-hybridized carbons (Fsp3) is 0.500. The molecule has 104 valence electrons. The number of rotatable bonds is 4. The van der Waals surface area contributed by atoms with Gasteiger partial charge in [0.25, 0.3) is 5.91 Å². The van der Waals surface area contributed by atoms with E-state index in [2.05, 4.69) is 0 Å². The van der Waals surface area contributed by atoms with Gasteiger partial charge in [-0.15, -0.1) is 0 Å². The van der Waals surface area contributed by atoms with Crippen LogP contribution in [0, 0.1) is 0 Å². The van der Waals surface area contributed by atoms with Crippen molar-refractivity contribution in [3.05, 3.63) is 29.3 Å². The molecule has 1 saturated heterocycles. The molecular formula is C14H19ClN2O2. The highest BCUT2D eigenvalue weighted by Gasteiger charge is 2.29. The molecular weight excluding hydrogens is 264 g/mol. The summed E-state index contributed by atoms with van der Waals surface area (Å²) >= 11 is 6.04. The van der Waals surface area contributed by atoms with Crippen molar-refractivity contribution in [2.24, 2.45) is 5.73 Å². The van der Waals surface area contributed by atoms with Crippen LogP contribution in [-0.2, 0) is 4.79 Å². The molecule has 1 heterocycles. The molecule has 0 radical (unpaired) electrons. The number of hydrogen-bond donors (Lipinski definition) is 1. The lowest BCUT2D eigenvalue weighted by atomic mass is 10.2. The first-order valence-electron chi connectivity index (χ1n) is 6.57. The van der Waals surface area contributed by atoms with Gasteiger partial charge < -0.3 is 15.4 Å². The molecule has 0 bridgehead atoms. The summed E-state index contributed by atoms with van der Waals surface area (Å²) in [7, 11) is 0. The standard InChI is InChI=1S/C14H19ClN2O2/c1-2-12(14(18)17-8-7-10(16)9-17)19-13-6-4-3-5-11(13)15/h3-6,10,12H,2,7-9,16H2,1H3/t10-,12-/m1/s1. The van der Waals surface area contributed by atoms with Crippen LogP contribution in [0.5, 0.6) is 5.75 Å². The van der Waals surface area contributed by atoms with Gasteiger partial charge in [0.05, 0.1) is 5.02 Å². The number of ether oxygens (including phenoxy) is 1. The van der Waals surface area contributed by atoms with Gasteiger partial charge in [0.2, 0.25) is 0 Å². The maximum Gasteiger partial charge on any atom is 0.263 e. The van der Waals surface area contributed by atoms with Crippen LogP contribution < -0.4 is 10.5 Å². The minimum atomic E-state index is -0.495.